The summed E-state index contributed by atoms with van der Waals surface area (Å²) in [6.45, 7) is 6.61. The van der Waals surface area contributed by atoms with E-state index < -0.39 is 5.97 Å². The molecule has 0 saturated heterocycles. The first-order valence-corrected chi connectivity index (χ1v) is 9.57. The van der Waals surface area contributed by atoms with E-state index in [1.54, 1.807) is 0 Å². The number of rotatable bonds is 8. The van der Waals surface area contributed by atoms with Crippen molar-refractivity contribution in [2.75, 3.05) is 6.61 Å². The zero-order valence-electron chi connectivity index (χ0n) is 16.2. The van der Waals surface area contributed by atoms with Crippen LogP contribution in [0.25, 0.3) is 5.57 Å². The molecule has 1 aromatic carbocycles. The first-order chi connectivity index (χ1) is 13.0. The van der Waals surface area contributed by atoms with Gasteiger partial charge in [0, 0.05) is 24.3 Å². The van der Waals surface area contributed by atoms with E-state index in [1.807, 2.05) is 19.1 Å². The van der Waals surface area contributed by atoms with Crippen LogP contribution in [-0.2, 0) is 17.6 Å². The van der Waals surface area contributed by atoms with Crippen LogP contribution in [0, 0.1) is 6.92 Å². The number of aliphatic carboxylic acids is 1. The monoisotopic (exact) mass is 369 g/mol. The van der Waals surface area contributed by atoms with Crippen molar-refractivity contribution in [3.05, 3.63) is 52.7 Å². The number of ether oxygens (including phenoxy) is 1. The van der Waals surface area contributed by atoms with Crippen molar-refractivity contribution in [1.82, 2.24) is 4.98 Å². The van der Waals surface area contributed by atoms with Gasteiger partial charge in [-0.3, -0.25) is 4.79 Å². The van der Waals surface area contributed by atoms with E-state index in [-0.39, 0.29) is 12.3 Å². The van der Waals surface area contributed by atoms with Crippen molar-refractivity contribution in [2.24, 2.45) is 0 Å². The summed E-state index contributed by atoms with van der Waals surface area (Å²) in [6, 6.07) is 6.03. The Morgan fingerprint density at radius 2 is 2.15 bits per heavy atom. The van der Waals surface area contributed by atoms with E-state index >= 15 is 0 Å². The maximum Gasteiger partial charge on any atom is 0.303 e. The van der Waals surface area contributed by atoms with Crippen molar-refractivity contribution in [3.63, 3.8) is 0 Å². The van der Waals surface area contributed by atoms with Gasteiger partial charge in [0.1, 0.15) is 11.5 Å². The lowest BCUT2D eigenvalue weighted by Gasteiger charge is -2.20. The number of benzene rings is 1. The maximum absolute atomic E-state index is 10.9. The van der Waals surface area contributed by atoms with Gasteiger partial charge in [-0.1, -0.05) is 32.1 Å². The second-order valence-electron chi connectivity index (χ2n) is 7.25. The molecular formula is C22H27NO4. The van der Waals surface area contributed by atoms with Crippen molar-refractivity contribution >= 4 is 11.5 Å². The van der Waals surface area contributed by atoms with E-state index in [0.717, 1.165) is 47.1 Å². The van der Waals surface area contributed by atoms with Crippen LogP contribution in [-0.4, -0.2) is 22.7 Å². The second kappa shape index (κ2) is 8.42. The van der Waals surface area contributed by atoms with E-state index in [1.165, 1.54) is 5.56 Å². The zero-order valence-corrected chi connectivity index (χ0v) is 16.2. The molecule has 0 aliphatic heterocycles. The highest BCUT2D eigenvalue weighted by Gasteiger charge is 2.18. The normalized spacial score (nSPS) is 13.4. The number of carboxylic acids is 1. The number of oxazole rings is 1. The molecule has 0 saturated carbocycles. The Labute approximate surface area is 160 Å². The van der Waals surface area contributed by atoms with Crippen LogP contribution in [0.2, 0.25) is 0 Å². The number of allylic oxidation sites excluding steroid dienone is 2. The molecule has 0 bridgehead atoms. The number of carbonyl (C=O) groups is 1. The van der Waals surface area contributed by atoms with Crippen LogP contribution in [0.4, 0.5) is 0 Å². The number of aryl methyl sites for hydroxylation is 1. The van der Waals surface area contributed by atoms with Gasteiger partial charge in [0.25, 0.3) is 0 Å². The van der Waals surface area contributed by atoms with Gasteiger partial charge in [-0.25, -0.2) is 4.98 Å². The van der Waals surface area contributed by atoms with Gasteiger partial charge in [-0.15, -0.1) is 0 Å². The summed E-state index contributed by atoms with van der Waals surface area (Å²) in [5.74, 6) is 2.03. The third kappa shape index (κ3) is 4.59. The SMILES string of the molecule is Cc1oc(C(C)C)nc1CCOc1cccc2c1CCC=C2CCC(=O)O. The maximum atomic E-state index is 10.9. The fourth-order valence-electron chi connectivity index (χ4n) is 3.43. The topological polar surface area (TPSA) is 72.6 Å². The molecule has 2 aromatic rings. The predicted octanol–water partition coefficient (Wildman–Crippen LogP) is 4.92. The van der Waals surface area contributed by atoms with Crippen LogP contribution in [0.15, 0.2) is 28.7 Å². The van der Waals surface area contributed by atoms with Crippen LogP contribution in [0.5, 0.6) is 5.75 Å². The summed E-state index contributed by atoms with van der Waals surface area (Å²) in [6.07, 6.45) is 5.40. The Morgan fingerprint density at radius 1 is 1.33 bits per heavy atom. The molecule has 5 heteroatoms. The predicted molar refractivity (Wildman–Crippen MR) is 104 cm³/mol. The Hall–Kier alpha value is -2.56. The van der Waals surface area contributed by atoms with Crippen LogP contribution in [0.3, 0.4) is 0 Å². The summed E-state index contributed by atoms with van der Waals surface area (Å²) >= 11 is 0. The Kier molecular flexibility index (Phi) is 5.99. The summed E-state index contributed by atoms with van der Waals surface area (Å²) < 4.78 is 11.8. The molecule has 3 rings (SSSR count). The lowest BCUT2D eigenvalue weighted by molar-refractivity contribution is -0.136. The molecule has 27 heavy (non-hydrogen) atoms. The molecule has 0 amide bonds. The largest absolute Gasteiger partial charge is 0.493 e. The minimum Gasteiger partial charge on any atom is -0.493 e. The van der Waals surface area contributed by atoms with Crippen molar-refractivity contribution < 1.29 is 19.1 Å². The Balaban J connectivity index is 1.67. The average molecular weight is 369 g/mol. The third-order valence-electron chi connectivity index (χ3n) is 4.87. The highest BCUT2D eigenvalue weighted by molar-refractivity contribution is 5.76. The van der Waals surface area contributed by atoms with Gasteiger partial charge in [-0.05, 0) is 43.4 Å². The number of hydrogen-bond acceptors (Lipinski definition) is 4. The minimum absolute atomic E-state index is 0.153. The van der Waals surface area contributed by atoms with Crippen molar-refractivity contribution in [1.29, 1.82) is 0 Å². The number of aromatic nitrogens is 1. The first-order valence-electron chi connectivity index (χ1n) is 9.57. The Bertz CT molecular complexity index is 848. The summed E-state index contributed by atoms with van der Waals surface area (Å²) in [5, 5.41) is 8.96. The number of nitrogens with zero attached hydrogens (tertiary/aromatic N) is 1. The van der Waals surface area contributed by atoms with Gasteiger partial charge >= 0.3 is 5.97 Å². The highest BCUT2D eigenvalue weighted by Crippen LogP contribution is 2.35. The molecule has 0 atom stereocenters. The molecule has 0 fully saturated rings. The Morgan fingerprint density at radius 3 is 2.85 bits per heavy atom. The first kappa shape index (κ1) is 19.2. The molecule has 1 aromatic heterocycles. The van der Waals surface area contributed by atoms with E-state index in [9.17, 15) is 4.79 Å². The van der Waals surface area contributed by atoms with Gasteiger partial charge in [0.15, 0.2) is 5.89 Å². The molecular weight excluding hydrogens is 342 g/mol. The molecule has 1 aliphatic carbocycles. The number of fused-ring (bicyclic) bond motifs is 1. The number of hydrogen-bond donors (Lipinski definition) is 1. The lowest BCUT2D eigenvalue weighted by Crippen LogP contribution is -2.08. The number of carboxylic acid groups (broad SMARTS) is 1. The minimum atomic E-state index is -0.765. The van der Waals surface area contributed by atoms with Gasteiger partial charge in [0.05, 0.1) is 12.3 Å². The lowest BCUT2D eigenvalue weighted by atomic mass is 9.88. The molecule has 0 radical (unpaired) electrons. The molecule has 0 unspecified atom stereocenters. The van der Waals surface area contributed by atoms with E-state index in [0.29, 0.717) is 19.4 Å². The summed E-state index contributed by atoms with van der Waals surface area (Å²) in [4.78, 5) is 15.5. The van der Waals surface area contributed by atoms with Gasteiger partial charge in [-0.2, -0.15) is 0 Å². The highest BCUT2D eigenvalue weighted by atomic mass is 16.5. The van der Waals surface area contributed by atoms with Crippen LogP contribution >= 0.6 is 0 Å². The standard InChI is InChI=1S/C22H27NO4/c1-14(2)22-23-19(15(3)27-22)12-13-26-20-9-5-7-17-16(10-11-21(24)25)6-4-8-18(17)20/h5-7,9,14H,4,8,10-13H2,1-3H3,(H,24,25). The average Bonchev–Trinajstić information content (AvgIpc) is 3.01. The summed E-state index contributed by atoms with van der Waals surface area (Å²) in [5.41, 5.74) is 4.36. The van der Waals surface area contributed by atoms with Crippen LogP contribution in [0.1, 0.15) is 67.5 Å². The zero-order chi connectivity index (χ0) is 19.4. The molecule has 144 valence electrons. The van der Waals surface area contributed by atoms with Gasteiger partial charge in [0.2, 0.25) is 0 Å². The summed E-state index contributed by atoms with van der Waals surface area (Å²) in [7, 11) is 0. The van der Waals surface area contributed by atoms with E-state index in [4.69, 9.17) is 14.3 Å². The van der Waals surface area contributed by atoms with Crippen molar-refractivity contribution in [3.8, 4) is 5.75 Å². The molecule has 1 heterocycles. The third-order valence-corrected chi connectivity index (χ3v) is 4.87. The van der Waals surface area contributed by atoms with Crippen molar-refractivity contribution in [2.45, 2.75) is 58.8 Å². The van der Waals surface area contributed by atoms with Gasteiger partial charge < -0.3 is 14.3 Å². The van der Waals surface area contributed by atoms with E-state index in [2.05, 4.69) is 31.0 Å². The quantitative estimate of drug-likeness (QED) is 0.715. The van der Waals surface area contributed by atoms with Crippen LogP contribution < -0.4 is 4.74 Å². The molecule has 1 N–H and O–H groups in total. The fourth-order valence-corrected chi connectivity index (χ4v) is 3.43. The molecule has 5 nitrogen and oxygen atoms in total. The second-order valence-corrected chi connectivity index (χ2v) is 7.25. The smallest absolute Gasteiger partial charge is 0.303 e. The fraction of sp³-hybridized carbons (Fsp3) is 0.455. The molecule has 1 aliphatic rings. The molecule has 0 spiro atoms.